The van der Waals surface area contributed by atoms with E-state index in [-0.39, 0.29) is 12.4 Å². The van der Waals surface area contributed by atoms with Crippen molar-refractivity contribution in [2.24, 2.45) is 0 Å². The third-order valence-corrected chi connectivity index (χ3v) is 2.27. The first kappa shape index (κ1) is 13.5. The van der Waals surface area contributed by atoms with E-state index >= 15 is 0 Å². The number of esters is 1. The van der Waals surface area contributed by atoms with Gasteiger partial charge in [-0.3, -0.25) is 4.79 Å². The van der Waals surface area contributed by atoms with Crippen LogP contribution in [0.25, 0.3) is 6.08 Å². The first-order chi connectivity index (χ1) is 8.11. The Morgan fingerprint density at radius 3 is 2.65 bits per heavy atom. The van der Waals surface area contributed by atoms with Crippen LogP contribution in [0, 0.1) is 6.92 Å². The SMILES string of the molecule is CCOC(=O)C[C@H](O)C=Cc1ccc(C)cc1. The summed E-state index contributed by atoms with van der Waals surface area (Å²) in [6.45, 7) is 4.10. The van der Waals surface area contributed by atoms with E-state index in [1.165, 1.54) is 5.56 Å². The Morgan fingerprint density at radius 2 is 2.06 bits per heavy atom. The summed E-state index contributed by atoms with van der Waals surface area (Å²) < 4.78 is 4.75. The minimum absolute atomic E-state index is 0.00377. The third-order valence-electron chi connectivity index (χ3n) is 2.27. The molecule has 0 unspecified atom stereocenters. The molecule has 0 heterocycles. The lowest BCUT2D eigenvalue weighted by Crippen LogP contribution is -2.13. The molecule has 0 saturated carbocycles. The summed E-state index contributed by atoms with van der Waals surface area (Å²) in [5.41, 5.74) is 2.19. The summed E-state index contributed by atoms with van der Waals surface area (Å²) in [6.07, 6.45) is 2.59. The highest BCUT2D eigenvalue weighted by atomic mass is 16.5. The zero-order chi connectivity index (χ0) is 12.7. The van der Waals surface area contributed by atoms with Crippen LogP contribution in [-0.4, -0.2) is 23.8 Å². The predicted octanol–water partition coefficient (Wildman–Crippen LogP) is 2.32. The maximum Gasteiger partial charge on any atom is 0.308 e. The van der Waals surface area contributed by atoms with Crippen LogP contribution in [0.1, 0.15) is 24.5 Å². The number of aliphatic hydroxyl groups is 1. The summed E-state index contributed by atoms with van der Waals surface area (Å²) in [5, 5.41) is 9.57. The average molecular weight is 234 g/mol. The molecule has 0 fully saturated rings. The van der Waals surface area contributed by atoms with E-state index in [4.69, 9.17) is 4.74 Å². The number of hydrogen-bond donors (Lipinski definition) is 1. The van der Waals surface area contributed by atoms with Gasteiger partial charge in [-0.25, -0.2) is 0 Å². The van der Waals surface area contributed by atoms with Crippen molar-refractivity contribution >= 4 is 12.0 Å². The lowest BCUT2D eigenvalue weighted by Gasteiger charge is -2.04. The number of aliphatic hydroxyl groups excluding tert-OH is 1. The van der Waals surface area contributed by atoms with Crippen molar-refractivity contribution in [3.05, 3.63) is 41.5 Å². The molecule has 1 N–H and O–H groups in total. The van der Waals surface area contributed by atoms with Crippen LogP contribution in [0.5, 0.6) is 0 Å². The number of carbonyl (C=O) groups is 1. The van der Waals surface area contributed by atoms with E-state index in [0.717, 1.165) is 5.56 Å². The number of benzene rings is 1. The van der Waals surface area contributed by atoms with Crippen LogP contribution < -0.4 is 0 Å². The van der Waals surface area contributed by atoms with E-state index in [2.05, 4.69) is 0 Å². The van der Waals surface area contributed by atoms with Gasteiger partial charge in [-0.15, -0.1) is 0 Å². The van der Waals surface area contributed by atoms with Crippen molar-refractivity contribution in [2.45, 2.75) is 26.4 Å². The lowest BCUT2D eigenvalue weighted by atomic mass is 10.1. The summed E-state index contributed by atoms with van der Waals surface area (Å²) in [7, 11) is 0. The fourth-order valence-electron chi connectivity index (χ4n) is 1.36. The molecule has 0 amide bonds. The molecule has 0 aliphatic heterocycles. The fraction of sp³-hybridized carbons (Fsp3) is 0.357. The molecule has 0 radical (unpaired) electrons. The average Bonchev–Trinajstić information content (AvgIpc) is 2.28. The molecule has 0 spiro atoms. The Balaban J connectivity index is 2.47. The maximum absolute atomic E-state index is 11.1. The first-order valence-corrected chi connectivity index (χ1v) is 5.70. The van der Waals surface area contributed by atoms with Gasteiger partial charge in [-0.1, -0.05) is 42.0 Å². The van der Waals surface area contributed by atoms with Gasteiger partial charge in [0.2, 0.25) is 0 Å². The maximum atomic E-state index is 11.1. The normalized spacial score (nSPS) is 12.6. The van der Waals surface area contributed by atoms with Gasteiger partial charge in [-0.2, -0.15) is 0 Å². The minimum Gasteiger partial charge on any atom is -0.466 e. The number of aryl methyl sites for hydroxylation is 1. The highest BCUT2D eigenvalue weighted by Gasteiger charge is 2.07. The van der Waals surface area contributed by atoms with E-state index in [9.17, 15) is 9.90 Å². The quantitative estimate of drug-likeness (QED) is 0.795. The summed E-state index contributed by atoms with van der Waals surface area (Å²) in [5.74, 6) is -0.381. The standard InChI is InChI=1S/C14H18O3/c1-3-17-14(16)10-13(15)9-8-12-6-4-11(2)5-7-12/h4-9,13,15H,3,10H2,1-2H3/t13-/m1/s1. The highest BCUT2D eigenvalue weighted by molar-refractivity contribution is 5.70. The third kappa shape index (κ3) is 5.31. The van der Waals surface area contributed by atoms with Crippen LogP contribution in [0.4, 0.5) is 0 Å². The molecule has 1 atom stereocenters. The number of carbonyl (C=O) groups excluding carboxylic acids is 1. The number of ether oxygens (including phenoxy) is 1. The molecule has 1 aromatic rings. The van der Waals surface area contributed by atoms with E-state index in [0.29, 0.717) is 6.61 Å². The van der Waals surface area contributed by atoms with E-state index < -0.39 is 6.10 Å². The fourth-order valence-corrected chi connectivity index (χ4v) is 1.36. The van der Waals surface area contributed by atoms with Gasteiger partial charge in [0.05, 0.1) is 19.1 Å². The molecule has 3 heteroatoms. The molecule has 17 heavy (non-hydrogen) atoms. The molecular formula is C14H18O3. The van der Waals surface area contributed by atoms with Gasteiger partial charge in [-0.05, 0) is 19.4 Å². The van der Waals surface area contributed by atoms with Crippen molar-refractivity contribution in [1.82, 2.24) is 0 Å². The monoisotopic (exact) mass is 234 g/mol. The molecule has 0 aliphatic rings. The second-order valence-electron chi connectivity index (χ2n) is 3.85. The molecule has 0 aliphatic carbocycles. The number of hydrogen-bond acceptors (Lipinski definition) is 3. The van der Waals surface area contributed by atoms with Crippen LogP contribution in [0.3, 0.4) is 0 Å². The molecule has 0 saturated heterocycles. The van der Waals surface area contributed by atoms with Crippen LogP contribution in [0.2, 0.25) is 0 Å². The lowest BCUT2D eigenvalue weighted by molar-refractivity contribution is -0.144. The second-order valence-corrected chi connectivity index (χ2v) is 3.85. The van der Waals surface area contributed by atoms with Crippen molar-refractivity contribution in [1.29, 1.82) is 0 Å². The van der Waals surface area contributed by atoms with Gasteiger partial charge in [0.1, 0.15) is 0 Å². The number of rotatable bonds is 5. The van der Waals surface area contributed by atoms with E-state index in [1.807, 2.05) is 31.2 Å². The van der Waals surface area contributed by atoms with E-state index in [1.54, 1.807) is 19.1 Å². The topological polar surface area (TPSA) is 46.5 Å². The first-order valence-electron chi connectivity index (χ1n) is 5.70. The summed E-state index contributed by atoms with van der Waals surface area (Å²) in [6, 6.07) is 7.92. The van der Waals surface area contributed by atoms with Crippen molar-refractivity contribution in [3.8, 4) is 0 Å². The van der Waals surface area contributed by atoms with Gasteiger partial charge < -0.3 is 9.84 Å². The predicted molar refractivity (Wildman–Crippen MR) is 67.5 cm³/mol. The Morgan fingerprint density at radius 1 is 1.41 bits per heavy atom. The van der Waals surface area contributed by atoms with Gasteiger partial charge >= 0.3 is 5.97 Å². The van der Waals surface area contributed by atoms with Crippen LogP contribution in [-0.2, 0) is 9.53 Å². The van der Waals surface area contributed by atoms with Crippen molar-refractivity contribution in [2.75, 3.05) is 6.61 Å². The highest BCUT2D eigenvalue weighted by Crippen LogP contribution is 2.06. The van der Waals surface area contributed by atoms with Crippen LogP contribution >= 0.6 is 0 Å². The molecule has 1 aromatic carbocycles. The Kier molecular flexibility index (Phi) is 5.43. The van der Waals surface area contributed by atoms with Gasteiger partial charge in [0.25, 0.3) is 0 Å². The molecule has 0 bridgehead atoms. The zero-order valence-electron chi connectivity index (χ0n) is 10.2. The largest absolute Gasteiger partial charge is 0.466 e. The van der Waals surface area contributed by atoms with Crippen LogP contribution in [0.15, 0.2) is 30.3 Å². The smallest absolute Gasteiger partial charge is 0.308 e. The molecule has 3 nitrogen and oxygen atoms in total. The Labute approximate surface area is 102 Å². The van der Waals surface area contributed by atoms with Crippen molar-refractivity contribution in [3.63, 3.8) is 0 Å². The molecule has 1 rings (SSSR count). The molecule has 92 valence electrons. The van der Waals surface area contributed by atoms with Crippen molar-refractivity contribution < 1.29 is 14.6 Å². The van der Waals surface area contributed by atoms with Gasteiger partial charge in [0.15, 0.2) is 0 Å². The summed E-state index contributed by atoms with van der Waals surface area (Å²) in [4.78, 5) is 11.1. The molecular weight excluding hydrogens is 216 g/mol. The van der Waals surface area contributed by atoms with Gasteiger partial charge in [0, 0.05) is 0 Å². The second kappa shape index (κ2) is 6.86. The minimum atomic E-state index is -0.796. The summed E-state index contributed by atoms with van der Waals surface area (Å²) >= 11 is 0. The molecule has 0 aromatic heterocycles. The Hall–Kier alpha value is -1.61. The zero-order valence-corrected chi connectivity index (χ0v) is 10.2. The Bertz CT molecular complexity index is 379.